The number of pyridine rings is 2. The van der Waals surface area contributed by atoms with E-state index in [9.17, 15) is 13.2 Å². The van der Waals surface area contributed by atoms with E-state index >= 15 is 0 Å². The fraction of sp³-hybridized carbons (Fsp3) is 0.286. The van der Waals surface area contributed by atoms with E-state index in [1.54, 1.807) is 12.1 Å². The number of nitrogens with zero attached hydrogens (tertiary/aromatic N) is 2. The third-order valence-corrected chi connectivity index (χ3v) is 2.77. The van der Waals surface area contributed by atoms with Crippen molar-refractivity contribution < 1.29 is 17.9 Å². The fourth-order valence-electron chi connectivity index (χ4n) is 1.80. The van der Waals surface area contributed by atoms with E-state index in [0.717, 1.165) is 17.8 Å². The number of hydrogen-bond donors (Lipinski definition) is 1. The third kappa shape index (κ3) is 3.62. The standard InChI is InChI=1S/C14H14F3N3O/c1-3-10-11(5-4-8(2)19-10)21-13-7-9(14(15,16)17)6-12(18)20-13/h4-7H,3H2,1-2H3,(H2,18,20). The van der Waals surface area contributed by atoms with Crippen LogP contribution in [0, 0.1) is 6.92 Å². The number of nitrogen functional groups attached to an aromatic ring is 1. The van der Waals surface area contributed by atoms with E-state index in [1.807, 2.05) is 13.8 Å². The molecule has 4 nitrogen and oxygen atoms in total. The lowest BCUT2D eigenvalue weighted by Gasteiger charge is -2.12. The van der Waals surface area contributed by atoms with E-state index in [1.165, 1.54) is 0 Å². The predicted molar refractivity (Wildman–Crippen MR) is 72.1 cm³/mol. The first-order valence-corrected chi connectivity index (χ1v) is 6.28. The van der Waals surface area contributed by atoms with Crippen LogP contribution in [0.5, 0.6) is 11.6 Å². The highest BCUT2D eigenvalue weighted by Crippen LogP contribution is 2.33. The summed E-state index contributed by atoms with van der Waals surface area (Å²) in [5, 5.41) is 0. The summed E-state index contributed by atoms with van der Waals surface area (Å²) >= 11 is 0. The lowest BCUT2D eigenvalue weighted by Crippen LogP contribution is -2.07. The minimum Gasteiger partial charge on any atom is -0.437 e. The van der Waals surface area contributed by atoms with Crippen molar-refractivity contribution in [3.8, 4) is 11.6 Å². The average Bonchev–Trinajstić information content (AvgIpc) is 2.39. The van der Waals surface area contributed by atoms with Gasteiger partial charge in [-0.3, -0.25) is 4.98 Å². The Labute approximate surface area is 119 Å². The Bertz CT molecular complexity index is 656. The van der Waals surface area contributed by atoms with Crippen LogP contribution in [0.1, 0.15) is 23.9 Å². The van der Waals surface area contributed by atoms with Gasteiger partial charge in [0.15, 0.2) is 5.75 Å². The molecule has 0 amide bonds. The minimum atomic E-state index is -4.51. The molecule has 2 rings (SSSR count). The van der Waals surface area contributed by atoms with Gasteiger partial charge in [-0.1, -0.05) is 6.92 Å². The van der Waals surface area contributed by atoms with E-state index in [4.69, 9.17) is 10.5 Å². The van der Waals surface area contributed by atoms with Crippen LogP contribution in [0.2, 0.25) is 0 Å². The summed E-state index contributed by atoms with van der Waals surface area (Å²) in [6.07, 6.45) is -3.92. The Morgan fingerprint density at radius 2 is 1.90 bits per heavy atom. The van der Waals surface area contributed by atoms with Gasteiger partial charge in [-0.25, -0.2) is 0 Å². The number of rotatable bonds is 3. The molecule has 2 aromatic heterocycles. The molecule has 0 aliphatic carbocycles. The zero-order chi connectivity index (χ0) is 15.6. The normalized spacial score (nSPS) is 11.5. The van der Waals surface area contributed by atoms with Gasteiger partial charge in [-0.05, 0) is 31.5 Å². The van der Waals surface area contributed by atoms with Crippen LogP contribution in [0.25, 0.3) is 0 Å². The maximum Gasteiger partial charge on any atom is 0.416 e. The van der Waals surface area contributed by atoms with E-state index < -0.39 is 11.7 Å². The molecule has 0 aromatic carbocycles. The first-order valence-electron chi connectivity index (χ1n) is 6.28. The van der Waals surface area contributed by atoms with Crippen LogP contribution in [0.4, 0.5) is 19.0 Å². The third-order valence-electron chi connectivity index (χ3n) is 2.77. The van der Waals surface area contributed by atoms with Crippen molar-refractivity contribution in [1.29, 1.82) is 0 Å². The molecule has 0 aliphatic rings. The van der Waals surface area contributed by atoms with Crippen LogP contribution in [-0.4, -0.2) is 9.97 Å². The van der Waals surface area contributed by atoms with Gasteiger partial charge in [0.25, 0.3) is 0 Å². The van der Waals surface area contributed by atoms with Gasteiger partial charge < -0.3 is 10.5 Å². The van der Waals surface area contributed by atoms with Crippen molar-refractivity contribution in [2.45, 2.75) is 26.4 Å². The quantitative estimate of drug-likeness (QED) is 0.937. The van der Waals surface area contributed by atoms with Crippen molar-refractivity contribution >= 4 is 5.82 Å². The number of ether oxygens (including phenoxy) is 1. The summed E-state index contributed by atoms with van der Waals surface area (Å²) in [6, 6.07) is 4.95. The number of nitrogens with two attached hydrogens (primary N) is 1. The largest absolute Gasteiger partial charge is 0.437 e. The van der Waals surface area contributed by atoms with Crippen molar-refractivity contribution in [2.75, 3.05) is 5.73 Å². The number of anilines is 1. The Morgan fingerprint density at radius 1 is 1.19 bits per heavy atom. The summed E-state index contributed by atoms with van der Waals surface area (Å²) in [7, 11) is 0. The van der Waals surface area contributed by atoms with E-state index in [2.05, 4.69) is 9.97 Å². The van der Waals surface area contributed by atoms with Gasteiger partial charge in [0.05, 0.1) is 11.3 Å². The van der Waals surface area contributed by atoms with Crippen LogP contribution in [0.3, 0.4) is 0 Å². The zero-order valence-corrected chi connectivity index (χ0v) is 11.5. The summed E-state index contributed by atoms with van der Waals surface area (Å²) in [6.45, 7) is 3.70. The SMILES string of the molecule is CCc1nc(C)ccc1Oc1cc(C(F)(F)F)cc(N)n1. The molecular weight excluding hydrogens is 283 g/mol. The summed E-state index contributed by atoms with van der Waals surface area (Å²) < 4.78 is 43.6. The maximum atomic E-state index is 12.7. The van der Waals surface area contributed by atoms with Gasteiger partial charge in [0.2, 0.25) is 5.88 Å². The Kier molecular flexibility index (Phi) is 4.02. The molecule has 0 fully saturated rings. The molecule has 0 atom stereocenters. The number of halogens is 3. The summed E-state index contributed by atoms with van der Waals surface area (Å²) in [5.74, 6) is -0.0880. The molecule has 0 saturated heterocycles. The molecular formula is C14H14F3N3O. The van der Waals surface area contributed by atoms with E-state index in [0.29, 0.717) is 17.9 Å². The van der Waals surface area contributed by atoms with Gasteiger partial charge in [0.1, 0.15) is 5.82 Å². The van der Waals surface area contributed by atoms with Crippen LogP contribution >= 0.6 is 0 Å². The van der Waals surface area contributed by atoms with Crippen LogP contribution < -0.4 is 10.5 Å². The first kappa shape index (κ1) is 15.1. The van der Waals surface area contributed by atoms with Crippen molar-refractivity contribution in [3.05, 3.63) is 41.2 Å². The zero-order valence-electron chi connectivity index (χ0n) is 11.5. The van der Waals surface area contributed by atoms with Crippen LogP contribution in [0.15, 0.2) is 24.3 Å². The van der Waals surface area contributed by atoms with Crippen molar-refractivity contribution in [3.63, 3.8) is 0 Å². The monoisotopic (exact) mass is 297 g/mol. The van der Waals surface area contributed by atoms with Gasteiger partial charge >= 0.3 is 6.18 Å². The number of alkyl halides is 3. The number of aromatic nitrogens is 2. The highest BCUT2D eigenvalue weighted by Gasteiger charge is 2.31. The molecule has 2 heterocycles. The second-order valence-corrected chi connectivity index (χ2v) is 4.47. The molecule has 0 saturated carbocycles. The Balaban J connectivity index is 2.38. The molecule has 0 spiro atoms. The average molecular weight is 297 g/mol. The van der Waals surface area contributed by atoms with Crippen molar-refractivity contribution in [2.24, 2.45) is 0 Å². The molecule has 0 unspecified atom stereocenters. The fourth-order valence-corrected chi connectivity index (χ4v) is 1.80. The van der Waals surface area contributed by atoms with Crippen molar-refractivity contribution in [1.82, 2.24) is 9.97 Å². The topological polar surface area (TPSA) is 61.0 Å². The molecule has 2 aromatic rings. The van der Waals surface area contributed by atoms with Gasteiger partial charge in [-0.2, -0.15) is 18.2 Å². The molecule has 112 valence electrons. The molecule has 0 bridgehead atoms. The number of hydrogen-bond acceptors (Lipinski definition) is 4. The van der Waals surface area contributed by atoms with Crippen LogP contribution in [-0.2, 0) is 12.6 Å². The highest BCUT2D eigenvalue weighted by atomic mass is 19.4. The molecule has 7 heteroatoms. The lowest BCUT2D eigenvalue weighted by atomic mass is 10.2. The molecule has 0 aliphatic heterocycles. The predicted octanol–water partition coefficient (Wildman–Crippen LogP) is 3.74. The summed E-state index contributed by atoms with van der Waals surface area (Å²) in [4.78, 5) is 8.04. The second kappa shape index (κ2) is 5.59. The number of aryl methyl sites for hydroxylation is 2. The highest BCUT2D eigenvalue weighted by molar-refractivity contribution is 5.41. The Hall–Kier alpha value is -2.31. The van der Waals surface area contributed by atoms with Gasteiger partial charge in [0, 0.05) is 11.8 Å². The lowest BCUT2D eigenvalue weighted by molar-refractivity contribution is -0.137. The molecule has 0 radical (unpaired) electrons. The Morgan fingerprint density at radius 3 is 2.52 bits per heavy atom. The van der Waals surface area contributed by atoms with E-state index in [-0.39, 0.29) is 11.7 Å². The maximum absolute atomic E-state index is 12.7. The molecule has 21 heavy (non-hydrogen) atoms. The summed E-state index contributed by atoms with van der Waals surface area (Å²) in [5.41, 5.74) is 5.95. The molecule has 2 N–H and O–H groups in total. The first-order chi connectivity index (χ1) is 9.79. The minimum absolute atomic E-state index is 0.206. The second-order valence-electron chi connectivity index (χ2n) is 4.47. The van der Waals surface area contributed by atoms with Gasteiger partial charge in [-0.15, -0.1) is 0 Å². The smallest absolute Gasteiger partial charge is 0.416 e.